The number of carboxylic acid groups (broad SMARTS) is 1. The number of ether oxygens (including phenoxy) is 9. The minimum atomic E-state index is -3.16. The van der Waals surface area contributed by atoms with Crippen LogP contribution in [0.25, 0.3) is 0 Å². The second-order valence-electron chi connectivity index (χ2n) is 17.6. The van der Waals surface area contributed by atoms with Crippen LogP contribution in [-0.2, 0) is 57.1 Å². The fraction of sp³-hybridized carbons (Fsp3) is 0.949. The third-order valence-corrected chi connectivity index (χ3v) is 12.9. The van der Waals surface area contributed by atoms with Crippen LogP contribution in [0.3, 0.4) is 0 Å². The molecule has 0 aromatic rings. The van der Waals surface area contributed by atoms with E-state index in [1.807, 2.05) is 0 Å². The number of amides is 1. The molecule has 26 atom stereocenters. The van der Waals surface area contributed by atoms with Gasteiger partial charge in [0.25, 0.3) is 5.79 Å². The maximum atomic E-state index is 13.4. The zero-order valence-electron chi connectivity index (χ0n) is 38.2. The number of hydrogen-bond donors (Lipinski definition) is 18. The number of nitrogens with one attached hydrogen (secondary N) is 1. The van der Waals surface area contributed by atoms with Crippen LogP contribution in [-0.4, -0.2) is 305 Å². The minimum absolute atomic E-state index is 0.0427. The Morgan fingerprint density at radius 3 is 1.81 bits per heavy atom. The average molecular weight is 1030 g/mol. The van der Waals surface area contributed by atoms with Gasteiger partial charge in [-0.15, -0.1) is 0 Å². The lowest BCUT2D eigenvalue weighted by Crippen LogP contribution is -2.71. The summed E-state index contributed by atoms with van der Waals surface area (Å²) >= 11 is 0. The van der Waals surface area contributed by atoms with Gasteiger partial charge >= 0.3 is 5.97 Å². The van der Waals surface area contributed by atoms with Crippen molar-refractivity contribution in [3.63, 3.8) is 0 Å². The Morgan fingerprint density at radius 2 is 1.24 bits per heavy atom. The number of hydrogen-bond acceptors (Lipinski definition) is 29. The number of nitrogens with two attached hydrogens (primary N) is 1. The predicted octanol–water partition coefficient (Wildman–Crippen LogP) is -11.5. The van der Waals surface area contributed by atoms with Gasteiger partial charge in [-0.2, -0.15) is 5.06 Å². The van der Waals surface area contributed by atoms with Crippen LogP contribution >= 0.6 is 0 Å². The lowest BCUT2D eigenvalue weighted by atomic mass is 9.84. The van der Waals surface area contributed by atoms with E-state index in [2.05, 4.69) is 5.32 Å². The molecular weight excluding hydrogens is 958 g/mol. The van der Waals surface area contributed by atoms with E-state index < -0.39 is 210 Å². The van der Waals surface area contributed by atoms with E-state index in [0.29, 0.717) is 0 Å². The molecule has 5 aliphatic rings. The number of carboxylic acids is 1. The molecule has 0 radical (unpaired) electrons. The molecule has 31 nitrogen and oxygen atoms in total. The molecule has 408 valence electrons. The Labute approximate surface area is 398 Å². The predicted molar refractivity (Wildman–Crippen MR) is 219 cm³/mol. The van der Waals surface area contributed by atoms with Crippen LogP contribution < -0.4 is 11.1 Å². The first-order valence-electron chi connectivity index (χ1n) is 22.4. The number of nitrogens with zero attached hydrogens (tertiary/aromatic N) is 1. The van der Waals surface area contributed by atoms with Crippen molar-refractivity contribution >= 4 is 11.9 Å². The van der Waals surface area contributed by atoms with Gasteiger partial charge in [0.05, 0.1) is 51.8 Å². The molecule has 5 rings (SSSR count). The molecule has 5 fully saturated rings. The highest BCUT2D eigenvalue weighted by molar-refractivity contribution is 5.76. The molecular formula is C39H69N3O28. The standard InChI is InChI=1S/C39H69N3O28/c1-12-14(49)6-39(38(59)60,69-29(12)21(51)15(50)7-43)70-33-28(58)37(66-30-18(10-46)62-34(26(56)25(30)55)42(3)61-5-4-40)65-19(11-47)31(33)67-35-20(41-13(2)48)32(23(53)17(9-45)63-35)68-36-27(57)24(54)22(52)16(8-44)64-36/h12,14-37,43-47,49-58H,4-11,40H2,1-3H3,(H,41,48)(H,59,60)/t12-,14?,15-,16?,17?,18?,19?,20?,21+,22+,23+,24+,25-,26?,27?,28?,29-,30-,31+,32-,33-,34-,35+,36+,37+,39+/m1/s1. The van der Waals surface area contributed by atoms with E-state index in [1.165, 1.54) is 14.0 Å². The summed E-state index contributed by atoms with van der Waals surface area (Å²) in [6.45, 7) is -2.81. The summed E-state index contributed by atoms with van der Waals surface area (Å²) in [4.78, 5) is 31.5. The SMILES string of the molecule is CC(=O)NC1[C@H](O[C@H]2C(CO)O[C@@H](O[C@@H]3C(CO)O[C@@H](N(C)OCCN)C(O)[C@H]3O)C(O)[C@H]2O[C@]2(C(=O)O)CC(O)[C@@H](C)[C@H]([C@@H](O)[C@H](O)CO)O2)OC(CO)[C@H](O)[C@@H]1O[C@@H]1OC(CO)[C@H](O)[C@H](O)C1O. The van der Waals surface area contributed by atoms with Gasteiger partial charge in [0, 0.05) is 32.9 Å². The number of aliphatic hydroxyl groups is 15. The number of carbonyl (C=O) groups is 2. The van der Waals surface area contributed by atoms with E-state index in [-0.39, 0.29) is 13.2 Å². The third kappa shape index (κ3) is 12.5. The minimum Gasteiger partial charge on any atom is -0.477 e. The van der Waals surface area contributed by atoms with E-state index >= 15 is 0 Å². The van der Waals surface area contributed by atoms with Gasteiger partial charge in [0.1, 0.15) is 110 Å². The molecule has 5 saturated heterocycles. The first-order valence-corrected chi connectivity index (χ1v) is 22.4. The molecule has 0 bridgehead atoms. The van der Waals surface area contributed by atoms with Crippen molar-refractivity contribution in [3.8, 4) is 0 Å². The smallest absolute Gasteiger partial charge is 0.364 e. The number of likely N-dealkylation sites (N-methyl/N-ethyl adjacent to an activating group) is 1. The van der Waals surface area contributed by atoms with Gasteiger partial charge < -0.3 is 135 Å². The van der Waals surface area contributed by atoms with Gasteiger partial charge in [0.15, 0.2) is 25.1 Å². The summed E-state index contributed by atoms with van der Waals surface area (Å²) in [5.74, 6) is -7.25. The van der Waals surface area contributed by atoms with Crippen molar-refractivity contribution in [2.24, 2.45) is 11.7 Å². The van der Waals surface area contributed by atoms with Crippen LogP contribution in [0.15, 0.2) is 0 Å². The summed E-state index contributed by atoms with van der Waals surface area (Å²) < 4.78 is 52.9. The molecule has 5 aliphatic heterocycles. The van der Waals surface area contributed by atoms with Gasteiger partial charge in [-0.25, -0.2) is 4.79 Å². The average Bonchev–Trinajstić information content (AvgIpc) is 3.33. The van der Waals surface area contributed by atoms with Crippen molar-refractivity contribution in [1.82, 2.24) is 10.4 Å². The maximum absolute atomic E-state index is 13.4. The molecule has 31 heteroatoms. The highest BCUT2D eigenvalue weighted by Gasteiger charge is 2.61. The highest BCUT2D eigenvalue weighted by atomic mass is 16.8. The van der Waals surface area contributed by atoms with Crippen molar-refractivity contribution in [3.05, 3.63) is 0 Å². The van der Waals surface area contributed by atoms with Gasteiger partial charge in [-0.3, -0.25) is 9.63 Å². The molecule has 0 aliphatic carbocycles. The Hall–Kier alpha value is -2.14. The molecule has 70 heavy (non-hydrogen) atoms. The first kappa shape index (κ1) is 58.7. The summed E-state index contributed by atoms with van der Waals surface area (Å²) in [5.41, 5.74) is 5.49. The lowest BCUT2D eigenvalue weighted by Gasteiger charge is -2.52. The van der Waals surface area contributed by atoms with Crippen LogP contribution in [0, 0.1) is 5.92 Å². The normalized spacial score (nSPS) is 45.8. The Kier molecular flexibility index (Phi) is 21.3. The van der Waals surface area contributed by atoms with Crippen molar-refractivity contribution in [2.75, 3.05) is 53.2 Å². The molecule has 19 N–H and O–H groups in total. The third-order valence-electron chi connectivity index (χ3n) is 12.9. The zero-order chi connectivity index (χ0) is 52.1. The van der Waals surface area contributed by atoms with Gasteiger partial charge in [0.2, 0.25) is 5.91 Å². The largest absolute Gasteiger partial charge is 0.477 e. The van der Waals surface area contributed by atoms with Crippen LogP contribution in [0.2, 0.25) is 0 Å². The summed E-state index contributed by atoms with van der Waals surface area (Å²) in [7, 11) is 1.32. The summed E-state index contributed by atoms with van der Waals surface area (Å²) in [6.07, 6.45) is -45.4. The zero-order valence-corrected chi connectivity index (χ0v) is 38.2. The van der Waals surface area contributed by atoms with E-state index in [0.717, 1.165) is 12.0 Å². The van der Waals surface area contributed by atoms with Gasteiger partial charge in [-0.1, -0.05) is 6.92 Å². The molecule has 0 saturated carbocycles. The monoisotopic (exact) mass is 1030 g/mol. The van der Waals surface area contributed by atoms with Crippen molar-refractivity contribution in [1.29, 1.82) is 0 Å². The second kappa shape index (κ2) is 25.4. The Balaban J connectivity index is 1.58. The number of aliphatic hydroxyl groups excluding tert-OH is 15. The molecule has 0 aromatic carbocycles. The topological polar surface area (TPSA) is 491 Å². The Morgan fingerprint density at radius 1 is 0.700 bits per heavy atom. The van der Waals surface area contributed by atoms with Crippen molar-refractivity contribution < 1.29 is 139 Å². The van der Waals surface area contributed by atoms with E-state index in [4.69, 9.17) is 53.2 Å². The van der Waals surface area contributed by atoms with E-state index in [1.54, 1.807) is 0 Å². The molecule has 0 spiro atoms. The first-order chi connectivity index (χ1) is 33.0. The number of carbonyl (C=O) groups excluding carboxylic acids is 1. The Bertz CT molecular complexity index is 1650. The molecule has 5 heterocycles. The highest BCUT2D eigenvalue weighted by Crippen LogP contribution is 2.42. The summed E-state index contributed by atoms with van der Waals surface area (Å²) in [6, 6.07) is -1.82. The fourth-order valence-corrected chi connectivity index (χ4v) is 8.88. The summed E-state index contributed by atoms with van der Waals surface area (Å²) in [5, 5.41) is 175. The fourth-order valence-electron chi connectivity index (χ4n) is 8.88. The number of rotatable bonds is 21. The maximum Gasteiger partial charge on any atom is 0.364 e. The van der Waals surface area contributed by atoms with Crippen LogP contribution in [0.1, 0.15) is 20.3 Å². The quantitative estimate of drug-likeness (QED) is 0.0475. The van der Waals surface area contributed by atoms with Gasteiger partial charge in [-0.05, 0) is 0 Å². The molecule has 0 aromatic heterocycles. The second-order valence-corrected chi connectivity index (χ2v) is 17.6. The molecule has 9 unspecified atom stereocenters. The van der Waals surface area contributed by atoms with E-state index in [9.17, 15) is 91.3 Å². The lowest BCUT2D eigenvalue weighted by molar-refractivity contribution is -0.405. The van der Waals surface area contributed by atoms with Crippen LogP contribution in [0.5, 0.6) is 0 Å². The molecule has 1 amide bonds. The number of hydroxylamine groups is 2. The van der Waals surface area contributed by atoms with Crippen molar-refractivity contribution in [2.45, 2.75) is 173 Å². The number of aliphatic carboxylic acids is 1. The van der Waals surface area contributed by atoms with Crippen LogP contribution in [0.4, 0.5) is 0 Å².